The van der Waals surface area contributed by atoms with E-state index in [9.17, 15) is 0 Å². The van der Waals surface area contributed by atoms with E-state index in [4.69, 9.17) is 15.0 Å². The molecule has 0 atom stereocenters. The third-order valence-electron chi connectivity index (χ3n) is 9.87. The largest absolute Gasteiger partial charge is 0.308 e. The van der Waals surface area contributed by atoms with E-state index in [1.165, 1.54) is 45.7 Å². The number of para-hydroxylation sites is 2. The summed E-state index contributed by atoms with van der Waals surface area (Å²) in [4.78, 5) is 15.7. The van der Waals surface area contributed by atoms with E-state index >= 15 is 0 Å². The van der Waals surface area contributed by atoms with Gasteiger partial charge in [-0.05, 0) is 42.5 Å². The standard InChI is InChI=1S/C45H26N4S2/c1-2-12-27(13-3-1)43-46-44(48-45(47-43)36-20-11-18-34-31-16-6-9-23-39(31)51-42(34)36)35-19-10-17-33-29-14-4-7-21-37(29)49(41(33)35)28-24-25-32-30-15-5-8-22-38(30)50-40(32)26-28/h1-26H. The summed E-state index contributed by atoms with van der Waals surface area (Å²) < 4.78 is 7.39. The van der Waals surface area contributed by atoms with Gasteiger partial charge in [-0.2, -0.15) is 0 Å². The van der Waals surface area contributed by atoms with Gasteiger partial charge < -0.3 is 4.57 Å². The summed E-state index contributed by atoms with van der Waals surface area (Å²) in [5, 5.41) is 7.40. The van der Waals surface area contributed by atoms with E-state index in [1.54, 1.807) is 11.3 Å². The van der Waals surface area contributed by atoms with Gasteiger partial charge in [0.05, 0.1) is 11.0 Å². The first kappa shape index (κ1) is 28.6. The van der Waals surface area contributed by atoms with Crippen molar-refractivity contribution >= 4 is 84.8 Å². The van der Waals surface area contributed by atoms with Crippen molar-refractivity contribution in [3.63, 3.8) is 0 Å². The van der Waals surface area contributed by atoms with Crippen molar-refractivity contribution in [1.29, 1.82) is 0 Å². The first-order valence-corrected chi connectivity index (χ1v) is 18.6. The number of fused-ring (bicyclic) bond motifs is 9. The van der Waals surface area contributed by atoms with Crippen LogP contribution in [0.5, 0.6) is 0 Å². The molecule has 0 unspecified atom stereocenters. The van der Waals surface area contributed by atoms with Crippen LogP contribution in [0.1, 0.15) is 0 Å². The normalized spacial score (nSPS) is 11.9. The lowest BCUT2D eigenvalue weighted by atomic mass is 10.1. The minimum absolute atomic E-state index is 0.648. The topological polar surface area (TPSA) is 43.6 Å². The van der Waals surface area contributed by atoms with Crippen molar-refractivity contribution < 1.29 is 0 Å². The van der Waals surface area contributed by atoms with Crippen LogP contribution in [0.3, 0.4) is 0 Å². The quantitative estimate of drug-likeness (QED) is 0.185. The zero-order chi connectivity index (χ0) is 33.5. The molecule has 0 aliphatic rings. The summed E-state index contributed by atoms with van der Waals surface area (Å²) in [7, 11) is 0. The van der Waals surface area contributed by atoms with E-state index in [-0.39, 0.29) is 0 Å². The van der Waals surface area contributed by atoms with Crippen LogP contribution in [-0.2, 0) is 0 Å². The highest BCUT2D eigenvalue weighted by Crippen LogP contribution is 2.42. The van der Waals surface area contributed by atoms with Crippen LogP contribution < -0.4 is 0 Å². The molecule has 0 N–H and O–H groups in total. The van der Waals surface area contributed by atoms with E-state index < -0.39 is 0 Å². The number of thiophene rings is 2. The molecule has 51 heavy (non-hydrogen) atoms. The third-order valence-corrected chi connectivity index (χ3v) is 12.2. The van der Waals surface area contributed by atoms with E-state index in [2.05, 4.69) is 144 Å². The Labute approximate surface area is 300 Å². The lowest BCUT2D eigenvalue weighted by Gasteiger charge is -2.13. The molecule has 4 nitrogen and oxygen atoms in total. The summed E-state index contributed by atoms with van der Waals surface area (Å²) in [6.07, 6.45) is 0. The van der Waals surface area contributed by atoms with Gasteiger partial charge in [-0.25, -0.2) is 15.0 Å². The van der Waals surface area contributed by atoms with Gasteiger partial charge in [0.15, 0.2) is 17.5 Å². The fraction of sp³-hybridized carbons (Fsp3) is 0. The van der Waals surface area contributed by atoms with Gasteiger partial charge in [0.25, 0.3) is 0 Å². The molecule has 0 aliphatic heterocycles. The van der Waals surface area contributed by atoms with Crippen molar-refractivity contribution in [3.05, 3.63) is 158 Å². The average Bonchev–Trinajstić information content (AvgIpc) is 3.87. The molecule has 0 spiro atoms. The minimum atomic E-state index is 0.648. The second-order valence-electron chi connectivity index (χ2n) is 12.8. The number of rotatable bonds is 4. The first-order chi connectivity index (χ1) is 25.3. The SMILES string of the molecule is c1ccc(-c2nc(-c3cccc4c3sc3ccccc34)nc(-c3cccc4c5ccccc5n(-c5ccc6c(c5)sc5ccccc56)c34)n2)cc1. The van der Waals surface area contributed by atoms with Gasteiger partial charge in [-0.3, -0.25) is 0 Å². The Hall–Kier alpha value is -6.21. The molecule has 0 bridgehead atoms. The maximum Gasteiger partial charge on any atom is 0.166 e. The Kier molecular flexibility index (Phi) is 6.26. The van der Waals surface area contributed by atoms with Crippen LogP contribution in [0.15, 0.2) is 158 Å². The maximum absolute atomic E-state index is 5.33. The van der Waals surface area contributed by atoms with Gasteiger partial charge in [0.2, 0.25) is 0 Å². The van der Waals surface area contributed by atoms with Gasteiger partial charge in [0.1, 0.15) is 0 Å². The predicted molar refractivity (Wildman–Crippen MR) is 216 cm³/mol. The highest BCUT2D eigenvalue weighted by Gasteiger charge is 2.21. The second-order valence-corrected chi connectivity index (χ2v) is 14.9. The van der Waals surface area contributed by atoms with Gasteiger partial charge >= 0.3 is 0 Å². The molecule has 11 aromatic rings. The molecule has 0 radical (unpaired) electrons. The molecular weight excluding hydrogens is 661 g/mol. The zero-order valence-electron chi connectivity index (χ0n) is 27.1. The van der Waals surface area contributed by atoms with Gasteiger partial charge in [0, 0.05) is 73.5 Å². The van der Waals surface area contributed by atoms with Crippen molar-refractivity contribution in [2.75, 3.05) is 0 Å². The first-order valence-electron chi connectivity index (χ1n) is 16.9. The lowest BCUT2D eigenvalue weighted by Crippen LogP contribution is -2.02. The van der Waals surface area contributed by atoms with E-state index in [0.717, 1.165) is 38.8 Å². The molecule has 0 fully saturated rings. The van der Waals surface area contributed by atoms with Crippen LogP contribution in [0.25, 0.3) is 102 Å². The highest BCUT2D eigenvalue weighted by atomic mass is 32.1. The molecule has 238 valence electrons. The Morgan fingerprint density at radius 3 is 1.80 bits per heavy atom. The smallest absolute Gasteiger partial charge is 0.166 e. The van der Waals surface area contributed by atoms with Crippen LogP contribution in [0, 0.1) is 0 Å². The van der Waals surface area contributed by atoms with Gasteiger partial charge in [-0.15, -0.1) is 22.7 Å². The predicted octanol–water partition coefficient (Wildman–Crippen LogP) is 12.7. The monoisotopic (exact) mass is 686 g/mol. The van der Waals surface area contributed by atoms with Crippen LogP contribution >= 0.6 is 22.7 Å². The molecular formula is C45H26N4S2. The van der Waals surface area contributed by atoms with Crippen LogP contribution in [0.2, 0.25) is 0 Å². The zero-order valence-corrected chi connectivity index (χ0v) is 28.7. The Morgan fingerprint density at radius 2 is 0.980 bits per heavy atom. The van der Waals surface area contributed by atoms with Gasteiger partial charge in [-0.1, -0.05) is 115 Å². The third kappa shape index (κ3) is 4.40. The van der Waals surface area contributed by atoms with E-state index in [0.29, 0.717) is 17.5 Å². The number of hydrogen-bond donors (Lipinski definition) is 0. The Morgan fingerprint density at radius 1 is 0.392 bits per heavy atom. The van der Waals surface area contributed by atoms with Crippen molar-refractivity contribution in [1.82, 2.24) is 19.5 Å². The number of benzene rings is 7. The molecule has 0 aliphatic carbocycles. The summed E-state index contributed by atoms with van der Waals surface area (Å²) in [5.74, 6) is 1.97. The van der Waals surface area contributed by atoms with E-state index in [1.807, 2.05) is 29.5 Å². The summed E-state index contributed by atoms with van der Waals surface area (Å²) in [6, 6.07) is 56.0. The molecule has 4 aromatic heterocycles. The molecule has 0 amide bonds. The molecule has 0 saturated carbocycles. The summed E-state index contributed by atoms with van der Waals surface area (Å²) >= 11 is 3.63. The van der Waals surface area contributed by atoms with Crippen molar-refractivity contribution in [2.24, 2.45) is 0 Å². The summed E-state index contributed by atoms with van der Waals surface area (Å²) in [5.41, 5.74) is 6.26. The van der Waals surface area contributed by atoms with Crippen LogP contribution in [-0.4, -0.2) is 19.5 Å². The fourth-order valence-corrected chi connectivity index (χ4v) is 9.93. The fourth-order valence-electron chi connectivity index (χ4n) is 7.58. The van der Waals surface area contributed by atoms with Crippen molar-refractivity contribution in [3.8, 4) is 39.9 Å². The minimum Gasteiger partial charge on any atom is -0.308 e. The Balaban J connectivity index is 1.21. The molecule has 0 saturated heterocycles. The second kappa shape index (κ2) is 11.2. The Bertz CT molecular complexity index is 3150. The highest BCUT2D eigenvalue weighted by molar-refractivity contribution is 7.26. The van der Waals surface area contributed by atoms with Crippen molar-refractivity contribution in [2.45, 2.75) is 0 Å². The summed E-state index contributed by atoms with van der Waals surface area (Å²) in [6.45, 7) is 0. The lowest BCUT2D eigenvalue weighted by molar-refractivity contribution is 1.07. The molecule has 11 rings (SSSR count). The van der Waals surface area contributed by atoms with Crippen LogP contribution in [0.4, 0.5) is 0 Å². The molecule has 7 aromatic carbocycles. The maximum atomic E-state index is 5.33. The number of nitrogens with zero attached hydrogens (tertiary/aromatic N) is 4. The molecule has 4 heterocycles. The number of hydrogen-bond acceptors (Lipinski definition) is 5. The number of aromatic nitrogens is 4. The molecule has 6 heteroatoms. The average molecular weight is 687 g/mol.